The first-order chi connectivity index (χ1) is 22.7. The van der Waals surface area contributed by atoms with Gasteiger partial charge in [0.1, 0.15) is 5.69 Å². The van der Waals surface area contributed by atoms with Crippen molar-refractivity contribution in [3.8, 4) is 0 Å². The maximum absolute atomic E-state index is 11.9. The van der Waals surface area contributed by atoms with Crippen LogP contribution in [0, 0.1) is 6.92 Å². The Kier molecular flexibility index (Phi) is 16.3. The summed E-state index contributed by atoms with van der Waals surface area (Å²) in [5.74, 6) is -0.495. The molecule has 1 heterocycles. The lowest BCUT2D eigenvalue weighted by Gasteiger charge is -2.24. The predicted octanol–water partition coefficient (Wildman–Crippen LogP) is 6.04. The van der Waals surface area contributed by atoms with E-state index in [-0.39, 0.29) is 17.5 Å². The standard InChI is InChI=1S/C14H13N3O2.C13H17NO2.C6H13NO.C2HF3O/c1-10-7-8-13-12(9-10)15-16-17(13)19-14(18)11-5-3-2-4-6-11;1-4-11(15)13(2,3)14-12(16)10-8-6-5-7-9-10;1-4-5(8)6(2,3)7;3-2(4,5)1-6/h2-9,15-16H,1H3;5-9H,4H2,1-3H3,(H,14,16);4,7H2,1-3H3;1H. The third-order valence-electron chi connectivity index (χ3n) is 6.50. The van der Waals surface area contributed by atoms with Gasteiger partial charge < -0.3 is 15.9 Å². The Bertz CT molecular complexity index is 1540. The van der Waals surface area contributed by atoms with Crippen LogP contribution in [0.25, 0.3) is 0 Å². The number of aldehydes is 1. The average molecular weight is 688 g/mol. The maximum atomic E-state index is 11.9. The Balaban J connectivity index is 0.000000361. The fourth-order valence-electron chi connectivity index (χ4n) is 3.79. The summed E-state index contributed by atoms with van der Waals surface area (Å²) in [6, 6.07) is 23.6. The number of nitrogens with zero attached hydrogens (tertiary/aromatic N) is 1. The molecule has 0 spiro atoms. The molecule has 0 fully saturated rings. The fourth-order valence-corrected chi connectivity index (χ4v) is 3.79. The second kappa shape index (κ2) is 19.1. The molecule has 0 saturated carbocycles. The number of halogens is 3. The molecule has 3 aromatic carbocycles. The molecule has 0 aromatic heterocycles. The van der Waals surface area contributed by atoms with Gasteiger partial charge in [-0.25, -0.2) is 4.79 Å². The van der Waals surface area contributed by atoms with Crippen LogP contribution in [0.5, 0.6) is 0 Å². The van der Waals surface area contributed by atoms with E-state index in [0.717, 1.165) is 16.9 Å². The lowest BCUT2D eigenvalue weighted by Crippen LogP contribution is -2.49. The molecule has 0 saturated heterocycles. The summed E-state index contributed by atoms with van der Waals surface area (Å²) in [5, 5.41) is 4.06. The molecule has 1 amide bonds. The zero-order valence-electron chi connectivity index (χ0n) is 28.6. The quantitative estimate of drug-likeness (QED) is 0.206. The first-order valence-electron chi connectivity index (χ1n) is 15.2. The number of fused-ring (bicyclic) bond motifs is 1. The van der Waals surface area contributed by atoms with Crippen molar-refractivity contribution in [1.29, 1.82) is 0 Å². The highest BCUT2D eigenvalue weighted by Gasteiger charge is 2.28. The van der Waals surface area contributed by atoms with E-state index in [1.807, 2.05) is 44.2 Å². The molecule has 0 radical (unpaired) electrons. The van der Waals surface area contributed by atoms with E-state index in [1.165, 1.54) is 5.17 Å². The number of hydrogen-bond donors (Lipinski definition) is 4. The molecule has 0 bridgehead atoms. The average Bonchev–Trinajstić information content (AvgIpc) is 3.45. The number of nitrogens with one attached hydrogen (secondary N) is 3. The molecule has 5 N–H and O–H groups in total. The zero-order chi connectivity index (χ0) is 37.4. The van der Waals surface area contributed by atoms with Crippen LogP contribution in [-0.2, 0) is 19.2 Å². The molecule has 11 nitrogen and oxygen atoms in total. The molecule has 1 aliphatic rings. The van der Waals surface area contributed by atoms with Crippen molar-refractivity contribution in [1.82, 2.24) is 10.9 Å². The number of hydrazine groups is 2. The monoisotopic (exact) mass is 687 g/mol. The molecule has 0 aliphatic carbocycles. The molecule has 3 aromatic rings. The van der Waals surface area contributed by atoms with Gasteiger partial charge >= 0.3 is 12.1 Å². The molecule has 1 aliphatic heterocycles. The third kappa shape index (κ3) is 15.1. The normalized spacial score (nSPS) is 11.8. The van der Waals surface area contributed by atoms with Crippen molar-refractivity contribution in [3.05, 3.63) is 95.6 Å². The van der Waals surface area contributed by atoms with Crippen LogP contribution >= 0.6 is 0 Å². The van der Waals surface area contributed by atoms with Crippen molar-refractivity contribution in [3.63, 3.8) is 0 Å². The van der Waals surface area contributed by atoms with Crippen molar-refractivity contribution in [2.45, 2.75) is 78.6 Å². The number of alkyl halides is 3. The first kappa shape index (κ1) is 41.9. The van der Waals surface area contributed by atoms with Crippen molar-refractivity contribution in [2.75, 3.05) is 10.6 Å². The summed E-state index contributed by atoms with van der Waals surface area (Å²) in [4.78, 5) is 60.0. The van der Waals surface area contributed by atoms with E-state index < -0.39 is 29.5 Å². The lowest BCUT2D eigenvalue weighted by atomic mass is 9.96. The van der Waals surface area contributed by atoms with Crippen molar-refractivity contribution in [2.24, 2.45) is 5.73 Å². The molecule has 0 atom stereocenters. The number of aryl methyl sites for hydroxylation is 1. The molecule has 14 heteroatoms. The Morgan fingerprint density at radius 2 is 1.33 bits per heavy atom. The first-order valence-corrected chi connectivity index (χ1v) is 15.2. The number of rotatable bonds is 8. The van der Waals surface area contributed by atoms with E-state index in [0.29, 0.717) is 24.0 Å². The van der Waals surface area contributed by atoms with Gasteiger partial charge in [0.15, 0.2) is 11.6 Å². The number of benzene rings is 3. The largest absolute Gasteiger partial charge is 0.446 e. The van der Waals surface area contributed by atoms with Crippen LogP contribution in [0.3, 0.4) is 0 Å². The molecular weight excluding hydrogens is 643 g/mol. The highest BCUT2D eigenvalue weighted by atomic mass is 19.4. The summed E-state index contributed by atoms with van der Waals surface area (Å²) in [6.07, 6.45) is -4.75. The minimum absolute atomic E-state index is 0.0248. The number of ketones is 2. The topological polar surface area (TPSA) is 160 Å². The second-order valence-electron chi connectivity index (χ2n) is 11.7. The van der Waals surface area contributed by atoms with Gasteiger partial charge in [0.05, 0.1) is 22.3 Å². The third-order valence-corrected chi connectivity index (χ3v) is 6.50. The Morgan fingerprint density at radius 1 is 0.837 bits per heavy atom. The van der Waals surface area contributed by atoms with E-state index in [9.17, 15) is 32.3 Å². The van der Waals surface area contributed by atoms with Gasteiger partial charge in [-0.15, -0.1) is 10.7 Å². The SMILES string of the molecule is CCC(=O)C(C)(C)N.CCC(=O)C(C)(C)NC(=O)c1ccccc1.Cc1ccc2c(c1)NNN2OC(=O)c1ccccc1.O=CC(F)(F)F. The minimum Gasteiger partial charge on any atom is -0.340 e. The van der Waals surface area contributed by atoms with E-state index in [2.05, 4.69) is 16.3 Å². The maximum Gasteiger partial charge on any atom is 0.446 e. The van der Waals surface area contributed by atoms with E-state index in [1.54, 1.807) is 83.1 Å². The molecule has 4 rings (SSSR count). The summed E-state index contributed by atoms with van der Waals surface area (Å²) in [7, 11) is 0. The van der Waals surface area contributed by atoms with Gasteiger partial charge in [0, 0.05) is 18.4 Å². The number of Topliss-reactive ketones (excluding diaryl/α,β-unsaturated/α-hetero) is 2. The molecular formula is C35H44F3N5O6. The highest BCUT2D eigenvalue weighted by Crippen LogP contribution is 2.30. The van der Waals surface area contributed by atoms with Crippen LogP contribution in [-0.4, -0.2) is 47.0 Å². The number of carbonyl (C=O) groups excluding carboxylic acids is 5. The number of hydrogen-bond acceptors (Lipinski definition) is 10. The van der Waals surface area contributed by atoms with Gasteiger partial charge in [0.25, 0.3) is 5.91 Å². The van der Waals surface area contributed by atoms with Crippen LogP contribution < -0.4 is 27.2 Å². The summed E-state index contributed by atoms with van der Waals surface area (Å²) in [6.45, 7) is 12.5. The number of amides is 1. The van der Waals surface area contributed by atoms with Gasteiger partial charge in [0.2, 0.25) is 6.29 Å². The van der Waals surface area contributed by atoms with Gasteiger partial charge in [-0.2, -0.15) is 13.2 Å². The highest BCUT2D eigenvalue weighted by molar-refractivity contribution is 5.99. The van der Waals surface area contributed by atoms with E-state index >= 15 is 0 Å². The zero-order valence-corrected chi connectivity index (χ0v) is 28.6. The van der Waals surface area contributed by atoms with Crippen LogP contribution in [0.4, 0.5) is 24.5 Å². The fraction of sp³-hybridized carbons (Fsp3) is 0.343. The van der Waals surface area contributed by atoms with Crippen LogP contribution in [0.1, 0.15) is 80.7 Å². The van der Waals surface area contributed by atoms with Crippen molar-refractivity contribution < 1.29 is 42.0 Å². The summed E-state index contributed by atoms with van der Waals surface area (Å²) >= 11 is 0. The molecule has 266 valence electrons. The van der Waals surface area contributed by atoms with Crippen molar-refractivity contribution >= 4 is 41.1 Å². The predicted molar refractivity (Wildman–Crippen MR) is 181 cm³/mol. The van der Waals surface area contributed by atoms with Gasteiger partial charge in [-0.1, -0.05) is 56.3 Å². The van der Waals surface area contributed by atoms with E-state index in [4.69, 9.17) is 15.4 Å². The smallest absolute Gasteiger partial charge is 0.340 e. The summed E-state index contributed by atoms with van der Waals surface area (Å²) in [5.41, 5.74) is 13.6. The second-order valence-corrected chi connectivity index (χ2v) is 11.7. The number of anilines is 2. The van der Waals surface area contributed by atoms with Gasteiger partial charge in [-0.05, 0) is 76.6 Å². The number of nitrogens with two attached hydrogens (primary N) is 1. The molecule has 0 unspecified atom stereocenters. The Hall–Kier alpha value is -5.08. The van der Waals surface area contributed by atoms with Gasteiger partial charge in [-0.3, -0.25) is 24.6 Å². The van der Waals surface area contributed by atoms with Crippen LogP contribution in [0.2, 0.25) is 0 Å². The van der Waals surface area contributed by atoms with Crippen LogP contribution in [0.15, 0.2) is 78.9 Å². The number of carbonyl (C=O) groups is 5. The molecule has 49 heavy (non-hydrogen) atoms. The Morgan fingerprint density at radius 3 is 1.76 bits per heavy atom. The minimum atomic E-state index is -4.64. The lowest BCUT2D eigenvalue weighted by molar-refractivity contribution is -0.156. The Labute approximate surface area is 284 Å². The summed E-state index contributed by atoms with van der Waals surface area (Å²) < 4.78 is 31.2.